The first-order valence-electron chi connectivity index (χ1n) is 5.14. The number of methoxy groups -OCH3 is 1. The number of aliphatic carboxylic acids is 1. The number of hydrogen-bond acceptors (Lipinski definition) is 3. The predicted molar refractivity (Wildman–Crippen MR) is 66.0 cm³/mol. The summed E-state index contributed by atoms with van der Waals surface area (Å²) >= 11 is 1.46. The predicted octanol–water partition coefficient (Wildman–Crippen LogP) is 2.79. The Morgan fingerprint density at radius 2 is 2.06 bits per heavy atom. The van der Waals surface area contributed by atoms with Gasteiger partial charge in [0.2, 0.25) is 0 Å². The van der Waals surface area contributed by atoms with Gasteiger partial charge in [0.25, 0.3) is 0 Å². The van der Waals surface area contributed by atoms with E-state index in [2.05, 4.69) is 0 Å². The van der Waals surface area contributed by atoms with Gasteiger partial charge in [-0.3, -0.25) is 4.79 Å². The summed E-state index contributed by atoms with van der Waals surface area (Å²) in [6, 6.07) is 7.69. The molecule has 0 aliphatic rings. The SMILES string of the molecule is CCC(SCc1ccc(OC)cc1)C(=O)O. The van der Waals surface area contributed by atoms with Crippen LogP contribution in [-0.2, 0) is 10.5 Å². The summed E-state index contributed by atoms with van der Waals surface area (Å²) in [5, 5.41) is 8.58. The van der Waals surface area contributed by atoms with E-state index in [0.717, 1.165) is 17.1 Å². The number of carboxylic acids is 1. The number of rotatable bonds is 6. The average molecular weight is 240 g/mol. The first-order valence-corrected chi connectivity index (χ1v) is 6.19. The van der Waals surface area contributed by atoms with Crippen molar-refractivity contribution in [3.05, 3.63) is 29.8 Å². The van der Waals surface area contributed by atoms with E-state index in [0.29, 0.717) is 6.42 Å². The Balaban J connectivity index is 2.50. The molecule has 0 amide bonds. The maximum atomic E-state index is 10.8. The number of thioether (sulfide) groups is 1. The van der Waals surface area contributed by atoms with E-state index >= 15 is 0 Å². The minimum absolute atomic E-state index is 0.317. The molecule has 0 saturated carbocycles. The number of benzene rings is 1. The fraction of sp³-hybridized carbons (Fsp3) is 0.417. The zero-order chi connectivity index (χ0) is 12.0. The third kappa shape index (κ3) is 3.77. The van der Waals surface area contributed by atoms with E-state index in [1.165, 1.54) is 11.8 Å². The summed E-state index contributed by atoms with van der Waals surface area (Å²) in [5.41, 5.74) is 1.12. The topological polar surface area (TPSA) is 46.5 Å². The zero-order valence-corrected chi connectivity index (χ0v) is 10.3. The molecule has 1 aromatic rings. The minimum atomic E-state index is -0.735. The van der Waals surface area contributed by atoms with Crippen LogP contribution in [0.3, 0.4) is 0 Å². The quantitative estimate of drug-likeness (QED) is 0.830. The molecular formula is C12H16O3S. The third-order valence-electron chi connectivity index (χ3n) is 2.26. The lowest BCUT2D eigenvalue weighted by Gasteiger charge is -2.09. The molecule has 0 bridgehead atoms. The van der Waals surface area contributed by atoms with Gasteiger partial charge < -0.3 is 9.84 Å². The maximum absolute atomic E-state index is 10.8. The Labute approximate surface area is 99.8 Å². The van der Waals surface area contributed by atoms with Crippen molar-refractivity contribution in [3.63, 3.8) is 0 Å². The van der Waals surface area contributed by atoms with Gasteiger partial charge in [0.05, 0.1) is 7.11 Å². The number of carbonyl (C=O) groups is 1. The summed E-state index contributed by atoms with van der Waals surface area (Å²) in [6.07, 6.45) is 0.649. The third-order valence-corrected chi connectivity index (χ3v) is 3.69. The molecule has 1 unspecified atom stereocenters. The van der Waals surface area contributed by atoms with Gasteiger partial charge in [-0.25, -0.2) is 0 Å². The molecule has 0 aromatic heterocycles. The molecule has 1 aromatic carbocycles. The minimum Gasteiger partial charge on any atom is -0.497 e. The summed E-state index contributed by atoms with van der Waals surface area (Å²) in [4.78, 5) is 10.8. The second-order valence-electron chi connectivity index (χ2n) is 3.39. The van der Waals surface area contributed by atoms with Crippen LogP contribution < -0.4 is 4.74 Å². The van der Waals surface area contributed by atoms with Crippen molar-refractivity contribution < 1.29 is 14.6 Å². The van der Waals surface area contributed by atoms with Gasteiger partial charge >= 0.3 is 5.97 Å². The van der Waals surface area contributed by atoms with E-state index in [1.807, 2.05) is 31.2 Å². The lowest BCUT2D eigenvalue weighted by atomic mass is 10.2. The molecule has 1 rings (SSSR count). The molecule has 88 valence electrons. The van der Waals surface area contributed by atoms with Crippen LogP contribution in [0.5, 0.6) is 5.75 Å². The van der Waals surface area contributed by atoms with Crippen molar-refractivity contribution in [1.82, 2.24) is 0 Å². The van der Waals surface area contributed by atoms with Gasteiger partial charge in [0, 0.05) is 5.75 Å². The molecule has 0 saturated heterocycles. The van der Waals surface area contributed by atoms with Crippen LogP contribution in [0.25, 0.3) is 0 Å². The van der Waals surface area contributed by atoms with Crippen molar-refractivity contribution in [2.24, 2.45) is 0 Å². The first kappa shape index (κ1) is 12.9. The van der Waals surface area contributed by atoms with Gasteiger partial charge in [-0.15, -0.1) is 11.8 Å². The largest absolute Gasteiger partial charge is 0.497 e. The smallest absolute Gasteiger partial charge is 0.316 e. The molecule has 0 spiro atoms. The van der Waals surface area contributed by atoms with Crippen molar-refractivity contribution in [1.29, 1.82) is 0 Å². The Morgan fingerprint density at radius 3 is 2.50 bits per heavy atom. The highest BCUT2D eigenvalue weighted by Crippen LogP contribution is 2.21. The Bertz CT molecular complexity index is 335. The highest BCUT2D eigenvalue weighted by molar-refractivity contribution is 7.99. The first-order chi connectivity index (χ1) is 7.67. The highest BCUT2D eigenvalue weighted by Gasteiger charge is 2.14. The second-order valence-corrected chi connectivity index (χ2v) is 4.59. The van der Waals surface area contributed by atoms with Crippen LogP contribution in [0.15, 0.2) is 24.3 Å². The fourth-order valence-electron chi connectivity index (χ4n) is 1.28. The Hall–Kier alpha value is -1.16. The van der Waals surface area contributed by atoms with Gasteiger partial charge in [-0.2, -0.15) is 0 Å². The van der Waals surface area contributed by atoms with E-state index in [-0.39, 0.29) is 5.25 Å². The summed E-state index contributed by atoms with van der Waals surface area (Å²) in [7, 11) is 1.63. The molecule has 4 heteroatoms. The molecule has 0 aliphatic heterocycles. The number of carboxylic acid groups (broad SMARTS) is 1. The molecule has 16 heavy (non-hydrogen) atoms. The van der Waals surface area contributed by atoms with Crippen molar-refractivity contribution in [2.75, 3.05) is 7.11 Å². The fourth-order valence-corrected chi connectivity index (χ4v) is 2.25. The molecular weight excluding hydrogens is 224 g/mol. The molecule has 0 fully saturated rings. The van der Waals surface area contributed by atoms with Crippen LogP contribution in [0, 0.1) is 0 Å². The lowest BCUT2D eigenvalue weighted by Crippen LogP contribution is -2.14. The van der Waals surface area contributed by atoms with Crippen molar-refractivity contribution >= 4 is 17.7 Å². The standard InChI is InChI=1S/C12H16O3S/c1-3-11(12(13)14)16-8-9-4-6-10(15-2)7-5-9/h4-7,11H,3,8H2,1-2H3,(H,13,14). The molecule has 1 atom stereocenters. The summed E-state index contributed by atoms with van der Waals surface area (Å²) in [5.74, 6) is 0.800. The van der Waals surface area contributed by atoms with E-state index in [4.69, 9.17) is 9.84 Å². The molecule has 0 radical (unpaired) electrons. The second kappa shape index (κ2) is 6.43. The zero-order valence-electron chi connectivity index (χ0n) is 9.47. The molecule has 1 N–H and O–H groups in total. The molecule has 3 nitrogen and oxygen atoms in total. The normalized spacial score (nSPS) is 12.1. The summed E-state index contributed by atoms with van der Waals surface area (Å²) in [6.45, 7) is 1.89. The van der Waals surface area contributed by atoms with Crippen LogP contribution in [0.2, 0.25) is 0 Å². The van der Waals surface area contributed by atoms with Gasteiger partial charge in [-0.05, 0) is 24.1 Å². The summed E-state index contributed by atoms with van der Waals surface area (Å²) < 4.78 is 5.05. The van der Waals surface area contributed by atoms with Gasteiger partial charge in [0.1, 0.15) is 11.0 Å². The van der Waals surface area contributed by atoms with E-state index in [9.17, 15) is 4.79 Å². The highest BCUT2D eigenvalue weighted by atomic mass is 32.2. The molecule has 0 aliphatic carbocycles. The maximum Gasteiger partial charge on any atom is 0.316 e. The van der Waals surface area contributed by atoms with Crippen molar-refractivity contribution in [2.45, 2.75) is 24.3 Å². The Kier molecular flexibility index (Phi) is 5.19. The lowest BCUT2D eigenvalue weighted by molar-refractivity contribution is -0.136. The van der Waals surface area contributed by atoms with Gasteiger partial charge in [-0.1, -0.05) is 19.1 Å². The van der Waals surface area contributed by atoms with E-state index in [1.54, 1.807) is 7.11 Å². The van der Waals surface area contributed by atoms with Crippen LogP contribution in [0.4, 0.5) is 0 Å². The number of ether oxygens (including phenoxy) is 1. The van der Waals surface area contributed by atoms with Crippen LogP contribution in [0.1, 0.15) is 18.9 Å². The van der Waals surface area contributed by atoms with Gasteiger partial charge in [0.15, 0.2) is 0 Å². The molecule has 0 heterocycles. The number of hydrogen-bond donors (Lipinski definition) is 1. The Morgan fingerprint density at radius 1 is 1.44 bits per heavy atom. The van der Waals surface area contributed by atoms with E-state index < -0.39 is 5.97 Å². The van der Waals surface area contributed by atoms with Crippen molar-refractivity contribution in [3.8, 4) is 5.75 Å². The average Bonchev–Trinajstić information content (AvgIpc) is 2.30. The van der Waals surface area contributed by atoms with Crippen LogP contribution >= 0.6 is 11.8 Å². The monoisotopic (exact) mass is 240 g/mol. The van der Waals surface area contributed by atoms with Crippen LogP contribution in [-0.4, -0.2) is 23.4 Å².